The van der Waals surface area contributed by atoms with Crippen LogP contribution in [0.2, 0.25) is 0 Å². The molecule has 0 radical (unpaired) electrons. The predicted molar refractivity (Wildman–Crippen MR) is 40.7 cm³/mol. The van der Waals surface area contributed by atoms with Crippen LogP contribution in [0.15, 0.2) is 0 Å². The second-order valence-corrected chi connectivity index (χ2v) is 3.30. The Morgan fingerprint density at radius 3 is 2.44 bits per heavy atom. The van der Waals surface area contributed by atoms with Crippen molar-refractivity contribution in [3.63, 3.8) is 0 Å². The van der Waals surface area contributed by atoms with E-state index in [1.165, 1.54) is 0 Å². The largest absolute Gasteiger partial charge is 0.372 e. The van der Waals surface area contributed by atoms with Crippen molar-refractivity contribution in [2.45, 2.75) is 12.5 Å². The molecular formula is C6H13NOS. The van der Waals surface area contributed by atoms with Crippen LogP contribution < -0.4 is 5.73 Å². The standard InChI is InChI=1S/C6H13NOS/c1-2-8-6(3-7)4-9-5-6/h2-5,7H2,1H3. The van der Waals surface area contributed by atoms with E-state index in [2.05, 4.69) is 0 Å². The van der Waals surface area contributed by atoms with Gasteiger partial charge in [-0.3, -0.25) is 0 Å². The molecule has 0 aliphatic carbocycles. The fourth-order valence-corrected chi connectivity index (χ4v) is 1.96. The van der Waals surface area contributed by atoms with Crippen LogP contribution >= 0.6 is 11.8 Å². The molecule has 0 atom stereocenters. The van der Waals surface area contributed by atoms with Crippen LogP contribution in [0.4, 0.5) is 0 Å². The molecule has 9 heavy (non-hydrogen) atoms. The summed E-state index contributed by atoms with van der Waals surface area (Å²) in [5, 5.41) is 0. The van der Waals surface area contributed by atoms with Crippen LogP contribution in [-0.4, -0.2) is 30.3 Å². The average molecular weight is 147 g/mol. The van der Waals surface area contributed by atoms with Crippen LogP contribution in [0.5, 0.6) is 0 Å². The topological polar surface area (TPSA) is 35.2 Å². The van der Waals surface area contributed by atoms with Crippen molar-refractivity contribution in [3.8, 4) is 0 Å². The molecule has 2 nitrogen and oxygen atoms in total. The van der Waals surface area contributed by atoms with E-state index in [0.717, 1.165) is 18.1 Å². The number of nitrogens with two attached hydrogens (primary N) is 1. The van der Waals surface area contributed by atoms with E-state index in [4.69, 9.17) is 10.5 Å². The summed E-state index contributed by atoms with van der Waals surface area (Å²) < 4.78 is 5.47. The first-order chi connectivity index (χ1) is 4.33. The Hall–Kier alpha value is 0.270. The minimum absolute atomic E-state index is 0.0550. The summed E-state index contributed by atoms with van der Waals surface area (Å²) in [7, 11) is 0. The van der Waals surface area contributed by atoms with E-state index in [0.29, 0.717) is 6.54 Å². The highest BCUT2D eigenvalue weighted by Crippen LogP contribution is 2.31. The zero-order valence-corrected chi connectivity index (χ0v) is 6.54. The molecule has 0 saturated carbocycles. The van der Waals surface area contributed by atoms with Gasteiger partial charge in [0.25, 0.3) is 0 Å². The van der Waals surface area contributed by atoms with Gasteiger partial charge in [-0.1, -0.05) is 0 Å². The lowest BCUT2D eigenvalue weighted by atomic mass is 10.1. The summed E-state index contributed by atoms with van der Waals surface area (Å²) in [6.07, 6.45) is 0. The minimum atomic E-state index is 0.0550. The van der Waals surface area contributed by atoms with Gasteiger partial charge in [0.2, 0.25) is 0 Å². The first-order valence-electron chi connectivity index (χ1n) is 3.25. The summed E-state index contributed by atoms with van der Waals surface area (Å²) in [6, 6.07) is 0. The Bertz CT molecular complexity index is 87.5. The van der Waals surface area contributed by atoms with Crippen LogP contribution in [0.1, 0.15) is 6.92 Å². The van der Waals surface area contributed by atoms with Gasteiger partial charge in [0.15, 0.2) is 0 Å². The van der Waals surface area contributed by atoms with Gasteiger partial charge < -0.3 is 10.5 Å². The molecule has 3 heteroatoms. The van der Waals surface area contributed by atoms with Gasteiger partial charge in [0.05, 0.1) is 5.60 Å². The molecule has 0 amide bonds. The first-order valence-corrected chi connectivity index (χ1v) is 4.40. The highest BCUT2D eigenvalue weighted by Gasteiger charge is 2.36. The molecule has 1 fully saturated rings. The van der Waals surface area contributed by atoms with Crippen molar-refractivity contribution in [1.82, 2.24) is 0 Å². The van der Waals surface area contributed by atoms with E-state index in [9.17, 15) is 0 Å². The Kier molecular flexibility index (Phi) is 2.38. The van der Waals surface area contributed by atoms with E-state index in [-0.39, 0.29) is 5.60 Å². The minimum Gasteiger partial charge on any atom is -0.372 e. The number of ether oxygens (including phenoxy) is 1. The summed E-state index contributed by atoms with van der Waals surface area (Å²) in [5.74, 6) is 2.16. The normalized spacial score (nSPS) is 23.3. The molecule has 0 aromatic heterocycles. The quantitative estimate of drug-likeness (QED) is 0.630. The zero-order chi connectivity index (χ0) is 6.74. The van der Waals surface area contributed by atoms with Crippen molar-refractivity contribution in [2.75, 3.05) is 24.7 Å². The lowest BCUT2D eigenvalue weighted by Gasteiger charge is -2.39. The molecule has 54 valence electrons. The molecule has 2 N–H and O–H groups in total. The van der Waals surface area contributed by atoms with Crippen LogP contribution in [0, 0.1) is 0 Å². The monoisotopic (exact) mass is 147 g/mol. The molecule has 1 aliphatic heterocycles. The van der Waals surface area contributed by atoms with E-state index in [1.807, 2.05) is 18.7 Å². The third-order valence-electron chi connectivity index (χ3n) is 1.55. The number of hydrogen-bond donors (Lipinski definition) is 1. The average Bonchev–Trinajstić information content (AvgIpc) is 1.79. The van der Waals surface area contributed by atoms with Crippen molar-refractivity contribution in [1.29, 1.82) is 0 Å². The SMILES string of the molecule is CCOC1(CN)CSC1. The molecule has 1 saturated heterocycles. The lowest BCUT2D eigenvalue weighted by molar-refractivity contribution is -0.00351. The molecule has 1 aliphatic rings. The fraction of sp³-hybridized carbons (Fsp3) is 1.00. The highest BCUT2D eigenvalue weighted by atomic mass is 32.2. The number of thioether (sulfide) groups is 1. The Morgan fingerprint density at radius 1 is 1.67 bits per heavy atom. The molecule has 0 bridgehead atoms. The Labute approximate surface area is 60.1 Å². The predicted octanol–water partition coefficient (Wildman–Crippen LogP) is 0.467. The Balaban J connectivity index is 2.28. The van der Waals surface area contributed by atoms with Crippen molar-refractivity contribution >= 4 is 11.8 Å². The molecule has 0 unspecified atom stereocenters. The zero-order valence-electron chi connectivity index (χ0n) is 5.72. The van der Waals surface area contributed by atoms with Gasteiger partial charge in [0.1, 0.15) is 0 Å². The maximum absolute atomic E-state index is 5.52. The number of hydrogen-bond acceptors (Lipinski definition) is 3. The van der Waals surface area contributed by atoms with Gasteiger partial charge in [-0.15, -0.1) is 0 Å². The van der Waals surface area contributed by atoms with Gasteiger partial charge in [0, 0.05) is 24.7 Å². The third-order valence-corrected chi connectivity index (χ3v) is 3.01. The van der Waals surface area contributed by atoms with Crippen molar-refractivity contribution < 1.29 is 4.74 Å². The van der Waals surface area contributed by atoms with Gasteiger partial charge in [-0.2, -0.15) is 11.8 Å². The van der Waals surface area contributed by atoms with Gasteiger partial charge in [-0.25, -0.2) is 0 Å². The molecule has 0 spiro atoms. The smallest absolute Gasteiger partial charge is 0.0983 e. The molecule has 0 aromatic carbocycles. The van der Waals surface area contributed by atoms with Crippen LogP contribution in [0.25, 0.3) is 0 Å². The van der Waals surface area contributed by atoms with Crippen LogP contribution in [0.3, 0.4) is 0 Å². The van der Waals surface area contributed by atoms with Crippen molar-refractivity contribution in [3.05, 3.63) is 0 Å². The molecule has 1 rings (SSSR count). The van der Waals surface area contributed by atoms with Gasteiger partial charge in [-0.05, 0) is 6.92 Å². The molecular weight excluding hydrogens is 134 g/mol. The summed E-state index contributed by atoms with van der Waals surface area (Å²) in [4.78, 5) is 0. The van der Waals surface area contributed by atoms with Crippen molar-refractivity contribution in [2.24, 2.45) is 5.73 Å². The lowest BCUT2D eigenvalue weighted by Crippen LogP contribution is -2.52. The summed E-state index contributed by atoms with van der Waals surface area (Å²) >= 11 is 1.90. The van der Waals surface area contributed by atoms with Crippen LogP contribution in [-0.2, 0) is 4.74 Å². The summed E-state index contributed by atoms with van der Waals surface area (Å²) in [5.41, 5.74) is 5.57. The van der Waals surface area contributed by atoms with E-state index in [1.54, 1.807) is 0 Å². The highest BCUT2D eigenvalue weighted by molar-refractivity contribution is 8.00. The van der Waals surface area contributed by atoms with E-state index >= 15 is 0 Å². The van der Waals surface area contributed by atoms with E-state index < -0.39 is 0 Å². The Morgan fingerprint density at radius 2 is 2.33 bits per heavy atom. The third kappa shape index (κ3) is 1.39. The second kappa shape index (κ2) is 2.90. The summed E-state index contributed by atoms with van der Waals surface area (Å²) in [6.45, 7) is 3.48. The fourth-order valence-electron chi connectivity index (χ4n) is 0.896. The maximum Gasteiger partial charge on any atom is 0.0983 e. The number of rotatable bonds is 3. The maximum atomic E-state index is 5.52. The second-order valence-electron chi connectivity index (χ2n) is 2.31. The first kappa shape index (κ1) is 7.38. The molecule has 1 heterocycles. The molecule has 0 aromatic rings. The van der Waals surface area contributed by atoms with Gasteiger partial charge >= 0.3 is 0 Å².